The molecule has 7 heteroatoms. The first-order chi connectivity index (χ1) is 10.3. The molecule has 3 heterocycles. The third-order valence-electron chi connectivity index (χ3n) is 3.88. The highest BCUT2D eigenvalue weighted by molar-refractivity contribution is 5.81. The van der Waals surface area contributed by atoms with Crippen LogP contribution in [-0.2, 0) is 4.79 Å². The Morgan fingerprint density at radius 3 is 2.76 bits per heavy atom. The van der Waals surface area contributed by atoms with E-state index in [4.69, 9.17) is 5.26 Å². The summed E-state index contributed by atoms with van der Waals surface area (Å²) >= 11 is 0. The van der Waals surface area contributed by atoms with Gasteiger partial charge < -0.3 is 4.90 Å². The van der Waals surface area contributed by atoms with E-state index in [0.717, 1.165) is 38.2 Å². The lowest BCUT2D eigenvalue weighted by molar-refractivity contribution is -0.135. The number of anilines is 1. The molecule has 0 unspecified atom stereocenters. The normalized spacial score (nSPS) is 18.8. The number of amides is 1. The van der Waals surface area contributed by atoms with E-state index >= 15 is 0 Å². The van der Waals surface area contributed by atoms with Gasteiger partial charge in [0.2, 0.25) is 5.91 Å². The molecule has 1 aromatic heterocycles. The Labute approximate surface area is 122 Å². The molecule has 0 N–H and O–H groups in total. The summed E-state index contributed by atoms with van der Waals surface area (Å²) in [6, 6.07) is 3.70. The Kier molecular flexibility index (Phi) is 3.77. The number of carbonyl (C=O) groups excluding carboxylic acids is 1. The summed E-state index contributed by atoms with van der Waals surface area (Å²) in [4.78, 5) is 22.4. The Morgan fingerprint density at radius 1 is 1.29 bits per heavy atom. The molecule has 2 aliphatic heterocycles. The molecule has 0 aliphatic carbocycles. The molecule has 108 valence electrons. The van der Waals surface area contributed by atoms with Crippen LogP contribution in [0.15, 0.2) is 17.5 Å². The highest BCUT2D eigenvalue weighted by Gasteiger charge is 2.29. The molecule has 0 saturated carbocycles. The minimum atomic E-state index is 0.0359. The fraction of sp³-hybridized carbons (Fsp3) is 0.500. The van der Waals surface area contributed by atoms with E-state index in [1.165, 1.54) is 6.33 Å². The third-order valence-corrected chi connectivity index (χ3v) is 3.88. The fourth-order valence-corrected chi connectivity index (χ4v) is 2.71. The highest BCUT2D eigenvalue weighted by atomic mass is 16.2. The largest absolute Gasteiger partial charge is 0.356 e. The number of nitrogens with zero attached hydrogens (tertiary/aromatic N) is 6. The van der Waals surface area contributed by atoms with Crippen LogP contribution in [0.1, 0.15) is 25.0 Å². The van der Waals surface area contributed by atoms with Crippen molar-refractivity contribution < 1.29 is 4.79 Å². The number of hydrogen-bond acceptors (Lipinski definition) is 6. The van der Waals surface area contributed by atoms with Crippen LogP contribution >= 0.6 is 0 Å². The van der Waals surface area contributed by atoms with Gasteiger partial charge in [-0.1, -0.05) is 0 Å². The van der Waals surface area contributed by atoms with Crippen molar-refractivity contribution in [3.63, 3.8) is 0 Å². The van der Waals surface area contributed by atoms with Crippen LogP contribution in [0, 0.1) is 17.2 Å². The van der Waals surface area contributed by atoms with Crippen molar-refractivity contribution in [1.82, 2.24) is 15.0 Å². The summed E-state index contributed by atoms with van der Waals surface area (Å²) in [6.07, 6.45) is 5.62. The second-order valence-corrected chi connectivity index (χ2v) is 5.18. The van der Waals surface area contributed by atoms with E-state index in [1.54, 1.807) is 17.3 Å². The van der Waals surface area contributed by atoms with E-state index in [0.29, 0.717) is 12.2 Å². The van der Waals surface area contributed by atoms with Crippen LogP contribution in [0.4, 0.5) is 5.82 Å². The molecule has 21 heavy (non-hydrogen) atoms. The first-order valence-electron chi connectivity index (χ1n) is 7.09. The number of hydrazone groups is 1. The molecular formula is C14H16N6O. The number of rotatable bonds is 2. The smallest absolute Gasteiger partial charge is 0.245 e. The summed E-state index contributed by atoms with van der Waals surface area (Å²) in [6.45, 7) is 2.22. The van der Waals surface area contributed by atoms with Crippen LogP contribution in [-0.4, -0.2) is 46.7 Å². The molecule has 1 aromatic rings. The summed E-state index contributed by atoms with van der Waals surface area (Å²) in [5.74, 6) is 0.921. The van der Waals surface area contributed by atoms with Gasteiger partial charge in [0.1, 0.15) is 23.9 Å². The van der Waals surface area contributed by atoms with E-state index in [-0.39, 0.29) is 11.8 Å². The Balaban J connectivity index is 1.61. The molecule has 1 fully saturated rings. The molecule has 2 aliphatic rings. The van der Waals surface area contributed by atoms with Gasteiger partial charge in [-0.05, 0) is 12.8 Å². The molecule has 1 amide bonds. The molecule has 7 nitrogen and oxygen atoms in total. The quantitative estimate of drug-likeness (QED) is 0.801. The number of hydrogen-bond donors (Lipinski definition) is 0. The van der Waals surface area contributed by atoms with Crippen LogP contribution in [0.2, 0.25) is 0 Å². The Bertz CT molecular complexity index is 600. The Morgan fingerprint density at radius 2 is 2.10 bits per heavy atom. The van der Waals surface area contributed by atoms with Crippen molar-refractivity contribution in [2.45, 2.75) is 19.3 Å². The molecule has 3 rings (SSSR count). The standard InChI is InChI=1S/C14H16N6O/c15-9-12-8-13(17-10-16-12)19-6-2-11(3-7-19)14(21)20-5-1-4-18-20/h4,8,10-11H,1-3,5-7H2. The molecule has 0 bridgehead atoms. The molecule has 1 saturated heterocycles. The lowest BCUT2D eigenvalue weighted by atomic mass is 9.95. The van der Waals surface area contributed by atoms with Crippen molar-refractivity contribution in [1.29, 1.82) is 5.26 Å². The lowest BCUT2D eigenvalue weighted by Gasteiger charge is -2.33. The highest BCUT2D eigenvalue weighted by Crippen LogP contribution is 2.24. The molecule has 0 spiro atoms. The van der Waals surface area contributed by atoms with Gasteiger partial charge in [-0.15, -0.1) is 0 Å². The molecule has 0 aromatic carbocycles. The summed E-state index contributed by atoms with van der Waals surface area (Å²) < 4.78 is 0. The average Bonchev–Trinajstić information content (AvgIpc) is 3.09. The summed E-state index contributed by atoms with van der Waals surface area (Å²) in [5.41, 5.74) is 0.365. The predicted molar refractivity (Wildman–Crippen MR) is 76.5 cm³/mol. The Hall–Kier alpha value is -2.49. The maximum Gasteiger partial charge on any atom is 0.245 e. The first kappa shape index (κ1) is 13.5. The maximum atomic E-state index is 12.3. The minimum Gasteiger partial charge on any atom is -0.356 e. The van der Waals surface area contributed by atoms with Crippen molar-refractivity contribution in [3.8, 4) is 6.07 Å². The molecule has 0 atom stereocenters. The van der Waals surface area contributed by atoms with Crippen molar-refractivity contribution in [2.24, 2.45) is 11.0 Å². The third kappa shape index (κ3) is 2.84. The SMILES string of the molecule is N#Cc1cc(N2CCC(C(=O)N3CCC=N3)CC2)ncn1. The van der Waals surface area contributed by atoms with Crippen molar-refractivity contribution in [3.05, 3.63) is 18.1 Å². The zero-order valence-corrected chi connectivity index (χ0v) is 11.6. The van der Waals surface area contributed by atoms with Gasteiger partial charge in [0.05, 0.1) is 0 Å². The first-order valence-corrected chi connectivity index (χ1v) is 7.09. The van der Waals surface area contributed by atoms with Crippen molar-refractivity contribution in [2.75, 3.05) is 24.5 Å². The van der Waals surface area contributed by atoms with Gasteiger partial charge in [-0.25, -0.2) is 15.0 Å². The summed E-state index contributed by atoms with van der Waals surface area (Å²) in [5, 5.41) is 14.6. The second-order valence-electron chi connectivity index (χ2n) is 5.18. The van der Waals surface area contributed by atoms with Gasteiger partial charge in [0, 0.05) is 44.3 Å². The van der Waals surface area contributed by atoms with Gasteiger partial charge in [-0.3, -0.25) is 4.79 Å². The number of carbonyl (C=O) groups is 1. The lowest BCUT2D eigenvalue weighted by Crippen LogP contribution is -2.40. The number of nitriles is 1. The molecule has 0 radical (unpaired) electrons. The maximum absolute atomic E-state index is 12.3. The fourth-order valence-electron chi connectivity index (χ4n) is 2.71. The minimum absolute atomic E-state index is 0.0359. The topological polar surface area (TPSA) is 85.5 Å². The van der Waals surface area contributed by atoms with Gasteiger partial charge in [0.15, 0.2) is 0 Å². The van der Waals surface area contributed by atoms with Crippen molar-refractivity contribution >= 4 is 17.9 Å². The zero-order chi connectivity index (χ0) is 14.7. The van der Waals surface area contributed by atoms with Gasteiger partial charge in [0.25, 0.3) is 0 Å². The number of aromatic nitrogens is 2. The van der Waals surface area contributed by atoms with E-state index < -0.39 is 0 Å². The number of piperidine rings is 1. The van der Waals surface area contributed by atoms with Crippen LogP contribution in [0.3, 0.4) is 0 Å². The van der Waals surface area contributed by atoms with Gasteiger partial charge in [-0.2, -0.15) is 10.4 Å². The average molecular weight is 284 g/mol. The summed E-state index contributed by atoms with van der Waals surface area (Å²) in [7, 11) is 0. The van der Waals surface area contributed by atoms with Gasteiger partial charge >= 0.3 is 0 Å². The monoisotopic (exact) mass is 284 g/mol. The van der Waals surface area contributed by atoms with Crippen LogP contribution in [0.5, 0.6) is 0 Å². The van der Waals surface area contributed by atoms with E-state index in [9.17, 15) is 4.79 Å². The molecular weight excluding hydrogens is 268 g/mol. The van der Waals surface area contributed by atoms with E-state index in [2.05, 4.69) is 20.0 Å². The predicted octanol–water partition coefficient (Wildman–Crippen LogP) is 0.783. The van der Waals surface area contributed by atoms with E-state index in [1.807, 2.05) is 6.07 Å². The van der Waals surface area contributed by atoms with Crippen LogP contribution < -0.4 is 4.90 Å². The van der Waals surface area contributed by atoms with Crippen LogP contribution in [0.25, 0.3) is 0 Å². The zero-order valence-electron chi connectivity index (χ0n) is 11.6. The second kappa shape index (κ2) is 5.87.